The van der Waals surface area contributed by atoms with Crippen LogP contribution in [0.1, 0.15) is 28.3 Å². The van der Waals surface area contributed by atoms with E-state index in [1.165, 1.54) is 11.3 Å². The average molecular weight is 386 g/mol. The summed E-state index contributed by atoms with van der Waals surface area (Å²) in [4.78, 5) is 17.3. The van der Waals surface area contributed by atoms with Crippen LogP contribution in [0.3, 0.4) is 0 Å². The highest BCUT2D eigenvalue weighted by molar-refractivity contribution is 7.16. The van der Waals surface area contributed by atoms with Gasteiger partial charge in [0.15, 0.2) is 5.13 Å². The van der Waals surface area contributed by atoms with Gasteiger partial charge < -0.3 is 15.8 Å². The number of rotatable bonds is 4. The Morgan fingerprint density at radius 2 is 2.00 bits per heavy atom. The fraction of sp³-hybridized carbons (Fsp3) is 0.158. The van der Waals surface area contributed by atoms with Crippen LogP contribution in [-0.2, 0) is 11.4 Å². The van der Waals surface area contributed by atoms with Gasteiger partial charge in [-0.3, -0.25) is 4.79 Å². The molecule has 0 spiro atoms. The highest BCUT2D eigenvalue weighted by atomic mass is 35.5. The van der Waals surface area contributed by atoms with Crippen LogP contribution in [0.4, 0.5) is 10.9 Å². The lowest BCUT2D eigenvalue weighted by Crippen LogP contribution is -2.23. The van der Waals surface area contributed by atoms with Gasteiger partial charge in [-0.15, -0.1) is 0 Å². The van der Waals surface area contributed by atoms with Crippen LogP contribution in [0.15, 0.2) is 48.5 Å². The first-order chi connectivity index (χ1) is 12.6. The summed E-state index contributed by atoms with van der Waals surface area (Å²) in [6.07, 6.45) is 0.343. The van der Waals surface area contributed by atoms with Crippen LogP contribution in [-0.4, -0.2) is 10.9 Å². The molecule has 2 heterocycles. The molecule has 1 aromatic heterocycles. The molecule has 0 bridgehead atoms. The second kappa shape index (κ2) is 6.97. The maximum absolute atomic E-state index is 12.1. The van der Waals surface area contributed by atoms with Crippen LogP contribution in [0.5, 0.6) is 5.75 Å². The van der Waals surface area contributed by atoms with E-state index in [0.717, 1.165) is 21.8 Å². The van der Waals surface area contributed by atoms with Crippen molar-refractivity contribution in [1.82, 2.24) is 4.98 Å². The number of hydrogen-bond donors (Lipinski definition) is 2. The molecule has 1 amide bonds. The summed E-state index contributed by atoms with van der Waals surface area (Å²) >= 11 is 7.33. The number of fused-ring (bicyclic) bond motifs is 1. The first kappa shape index (κ1) is 16.9. The molecular weight excluding hydrogens is 370 g/mol. The van der Waals surface area contributed by atoms with Gasteiger partial charge in [-0.25, -0.2) is 4.98 Å². The number of hydrogen-bond acceptors (Lipinski definition) is 5. The van der Waals surface area contributed by atoms with E-state index < -0.39 is 0 Å². The molecule has 1 unspecified atom stereocenters. The van der Waals surface area contributed by atoms with E-state index in [2.05, 4.69) is 10.3 Å². The molecule has 132 valence electrons. The number of anilines is 2. The molecule has 1 aliphatic heterocycles. The van der Waals surface area contributed by atoms with Gasteiger partial charge in [-0.2, -0.15) is 0 Å². The van der Waals surface area contributed by atoms with Crippen LogP contribution >= 0.6 is 22.9 Å². The molecule has 7 heteroatoms. The summed E-state index contributed by atoms with van der Waals surface area (Å²) in [6, 6.07) is 15.3. The van der Waals surface area contributed by atoms with Crippen molar-refractivity contribution < 1.29 is 9.53 Å². The highest BCUT2D eigenvalue weighted by Crippen LogP contribution is 2.44. The summed E-state index contributed by atoms with van der Waals surface area (Å²) in [6.45, 7) is 0.421. The molecule has 4 rings (SSSR count). The molecule has 0 saturated heterocycles. The molecule has 1 aliphatic rings. The number of carbonyl (C=O) groups excluding carboxylic acids is 1. The second-order valence-electron chi connectivity index (χ2n) is 6.02. The summed E-state index contributed by atoms with van der Waals surface area (Å²) in [5.41, 5.74) is 7.82. The van der Waals surface area contributed by atoms with Crippen LogP contribution in [0, 0.1) is 0 Å². The number of thiazole rings is 1. The molecule has 26 heavy (non-hydrogen) atoms. The molecule has 2 aromatic carbocycles. The Bertz CT molecular complexity index is 956. The third kappa shape index (κ3) is 3.38. The number of benzene rings is 2. The minimum absolute atomic E-state index is 0.0692. The maximum Gasteiger partial charge on any atom is 0.226 e. The van der Waals surface area contributed by atoms with E-state index >= 15 is 0 Å². The van der Waals surface area contributed by atoms with Gasteiger partial charge in [0.05, 0.1) is 4.88 Å². The molecule has 0 fully saturated rings. The Hall–Kier alpha value is -2.57. The van der Waals surface area contributed by atoms with Gasteiger partial charge in [-0.1, -0.05) is 53.3 Å². The number of para-hydroxylation sites is 1. The Balaban J connectivity index is 1.63. The van der Waals surface area contributed by atoms with E-state index in [-0.39, 0.29) is 11.8 Å². The number of amides is 1. The number of nitrogens with two attached hydrogens (primary N) is 1. The van der Waals surface area contributed by atoms with Crippen LogP contribution < -0.4 is 15.8 Å². The predicted molar refractivity (Wildman–Crippen MR) is 104 cm³/mol. The molecule has 1 atom stereocenters. The summed E-state index contributed by atoms with van der Waals surface area (Å²) < 4.78 is 6.05. The zero-order valence-electron chi connectivity index (χ0n) is 13.7. The third-order valence-electron chi connectivity index (χ3n) is 4.24. The lowest BCUT2D eigenvalue weighted by Gasteiger charge is -2.23. The van der Waals surface area contributed by atoms with Crippen molar-refractivity contribution in [2.24, 2.45) is 0 Å². The zero-order chi connectivity index (χ0) is 18.1. The maximum atomic E-state index is 12.1. The van der Waals surface area contributed by atoms with Crippen molar-refractivity contribution in [3.8, 4) is 5.75 Å². The van der Waals surface area contributed by atoms with Gasteiger partial charge in [-0.05, 0) is 23.8 Å². The Labute approximate surface area is 159 Å². The van der Waals surface area contributed by atoms with Crippen molar-refractivity contribution in [3.63, 3.8) is 0 Å². The number of aromatic nitrogens is 1. The van der Waals surface area contributed by atoms with E-state index in [1.54, 1.807) is 0 Å². The van der Waals surface area contributed by atoms with Crippen molar-refractivity contribution in [2.45, 2.75) is 18.9 Å². The number of nitrogens with one attached hydrogen (secondary N) is 1. The van der Waals surface area contributed by atoms with E-state index in [4.69, 9.17) is 22.1 Å². The third-order valence-corrected chi connectivity index (χ3v) is 5.49. The van der Waals surface area contributed by atoms with Gasteiger partial charge >= 0.3 is 0 Å². The quantitative estimate of drug-likeness (QED) is 0.696. The minimum Gasteiger partial charge on any atom is -0.489 e. The number of ether oxygens (including phenoxy) is 1. The Morgan fingerprint density at radius 1 is 1.23 bits per heavy atom. The van der Waals surface area contributed by atoms with Crippen molar-refractivity contribution >= 4 is 39.8 Å². The van der Waals surface area contributed by atoms with E-state index in [0.29, 0.717) is 29.0 Å². The predicted octanol–water partition coefficient (Wildman–Crippen LogP) is 4.43. The Kier molecular flexibility index (Phi) is 4.53. The lowest BCUT2D eigenvalue weighted by molar-refractivity contribution is -0.116. The summed E-state index contributed by atoms with van der Waals surface area (Å²) in [7, 11) is 0. The zero-order valence-corrected chi connectivity index (χ0v) is 15.3. The lowest BCUT2D eigenvalue weighted by atomic mass is 9.91. The smallest absolute Gasteiger partial charge is 0.226 e. The largest absolute Gasteiger partial charge is 0.489 e. The topological polar surface area (TPSA) is 77.2 Å². The molecule has 3 aromatic rings. The molecule has 0 radical (unpaired) electrons. The van der Waals surface area contributed by atoms with Gasteiger partial charge in [0.2, 0.25) is 5.91 Å². The first-order valence-corrected chi connectivity index (χ1v) is 9.32. The molecule has 0 aliphatic carbocycles. The Morgan fingerprint density at radius 3 is 2.81 bits per heavy atom. The van der Waals surface area contributed by atoms with E-state index in [1.807, 2.05) is 48.5 Å². The molecule has 5 nitrogen and oxygen atoms in total. The SMILES string of the molecule is Nc1nc2c(s1)C(c1ccccc1OCc1ccc(Cl)cc1)CC(=O)N2. The second-order valence-corrected chi connectivity index (χ2v) is 7.52. The van der Waals surface area contributed by atoms with Gasteiger partial charge in [0.1, 0.15) is 18.2 Å². The summed E-state index contributed by atoms with van der Waals surface area (Å²) in [5.74, 6) is 1.12. The molecular formula is C19H16ClN3O2S. The van der Waals surface area contributed by atoms with Crippen LogP contribution in [0.2, 0.25) is 5.02 Å². The van der Waals surface area contributed by atoms with Crippen LogP contribution in [0.25, 0.3) is 0 Å². The summed E-state index contributed by atoms with van der Waals surface area (Å²) in [5, 5.41) is 3.93. The van der Waals surface area contributed by atoms with Gasteiger partial charge in [0.25, 0.3) is 0 Å². The minimum atomic E-state index is -0.116. The van der Waals surface area contributed by atoms with Crippen molar-refractivity contribution in [1.29, 1.82) is 0 Å². The molecule has 0 saturated carbocycles. The highest BCUT2D eigenvalue weighted by Gasteiger charge is 2.31. The normalized spacial score (nSPS) is 16.0. The van der Waals surface area contributed by atoms with Crippen molar-refractivity contribution in [2.75, 3.05) is 11.1 Å². The standard InChI is InChI=1S/C19H16ClN3O2S/c20-12-7-5-11(6-8-12)10-25-15-4-2-1-3-13(15)14-9-16(24)22-18-17(14)26-19(21)23-18/h1-8,14H,9-10H2,(H2,21,23)(H,22,24). The molecule has 3 N–H and O–H groups in total. The van der Waals surface area contributed by atoms with Crippen molar-refractivity contribution in [3.05, 3.63) is 69.6 Å². The average Bonchev–Trinajstić information content (AvgIpc) is 3.01. The number of carbonyl (C=O) groups is 1. The van der Waals surface area contributed by atoms with E-state index in [9.17, 15) is 4.79 Å². The number of nitrogen functional groups attached to an aromatic ring is 1. The number of halogens is 1. The number of nitrogens with zero attached hydrogens (tertiary/aromatic N) is 1. The fourth-order valence-electron chi connectivity index (χ4n) is 3.03. The first-order valence-electron chi connectivity index (χ1n) is 8.12. The van der Waals surface area contributed by atoms with Gasteiger partial charge in [0, 0.05) is 22.9 Å². The fourth-order valence-corrected chi connectivity index (χ4v) is 4.06. The monoisotopic (exact) mass is 385 g/mol.